The van der Waals surface area contributed by atoms with Gasteiger partial charge in [-0.25, -0.2) is 0 Å². The fraction of sp³-hybridized carbons (Fsp3) is 0.229. The number of nitrogens with two attached hydrogens (primary N) is 1. The van der Waals surface area contributed by atoms with E-state index in [2.05, 4.69) is 319 Å². The number of nitrogens with zero attached hydrogens (tertiary/aromatic N) is 4. The molecule has 1 amide bonds. The molecule has 564 valence electrons. The van der Waals surface area contributed by atoms with E-state index in [0.29, 0.717) is 58.8 Å². The number of rotatable bonds is 24. The zero-order valence-electron chi connectivity index (χ0n) is 64.3. The Hall–Kier alpha value is -10.6. The van der Waals surface area contributed by atoms with Gasteiger partial charge in [0.1, 0.15) is 19.4 Å². The smallest absolute Gasteiger partial charge is 0.309 e. The molecule has 4 heterocycles. The number of benzene rings is 10. The van der Waals surface area contributed by atoms with Crippen molar-refractivity contribution in [2.24, 2.45) is 5.73 Å². The highest BCUT2D eigenvalue weighted by atomic mass is 127. The van der Waals surface area contributed by atoms with E-state index < -0.39 is 11.9 Å². The topological polar surface area (TPSA) is 169 Å². The molecule has 10 aromatic rings. The first-order valence-corrected chi connectivity index (χ1v) is 39.9. The lowest BCUT2D eigenvalue weighted by Gasteiger charge is -2.27. The quantitative estimate of drug-likeness (QED) is 0.0150. The van der Waals surface area contributed by atoms with Crippen LogP contribution in [0.15, 0.2) is 291 Å². The highest BCUT2D eigenvalue weighted by molar-refractivity contribution is 14.1. The summed E-state index contributed by atoms with van der Waals surface area (Å²) in [4.78, 5) is 51.8. The summed E-state index contributed by atoms with van der Waals surface area (Å²) < 4.78 is 11.8. The predicted octanol–water partition coefficient (Wildman–Crippen LogP) is 20.6. The molecule has 4 aliphatic rings. The van der Waals surface area contributed by atoms with Crippen LogP contribution in [0.25, 0.3) is 43.1 Å². The van der Waals surface area contributed by atoms with Crippen molar-refractivity contribution in [3.05, 3.63) is 331 Å². The Morgan fingerprint density at radius 3 is 1.25 bits per heavy atom. The van der Waals surface area contributed by atoms with Crippen molar-refractivity contribution in [2.75, 3.05) is 42.6 Å². The largest absolute Gasteiger partial charge is 0.481 e. The molecule has 0 aliphatic carbocycles. The van der Waals surface area contributed by atoms with E-state index in [9.17, 15) is 29.4 Å². The van der Waals surface area contributed by atoms with Crippen LogP contribution in [-0.2, 0) is 58.7 Å². The summed E-state index contributed by atoms with van der Waals surface area (Å²) >= 11 is 4.57. The number of fused-ring (bicyclic) bond motifs is 12. The number of halogens is 2. The van der Waals surface area contributed by atoms with Crippen LogP contribution in [0, 0.1) is 7.14 Å². The Labute approximate surface area is 678 Å². The van der Waals surface area contributed by atoms with Crippen LogP contribution in [0.3, 0.4) is 0 Å². The van der Waals surface area contributed by atoms with Crippen molar-refractivity contribution >= 4 is 147 Å². The zero-order chi connectivity index (χ0) is 78.6. The summed E-state index contributed by atoms with van der Waals surface area (Å²) in [5, 5.41) is 31.8. The van der Waals surface area contributed by atoms with Gasteiger partial charge in [0, 0.05) is 102 Å². The van der Waals surface area contributed by atoms with Crippen LogP contribution in [0.1, 0.15) is 108 Å². The van der Waals surface area contributed by atoms with Gasteiger partial charge in [0.15, 0.2) is 24.5 Å². The first-order chi connectivity index (χ1) is 53.4. The van der Waals surface area contributed by atoms with Crippen LogP contribution in [0.2, 0.25) is 0 Å². The summed E-state index contributed by atoms with van der Waals surface area (Å²) in [5.41, 5.74) is 20.4. The average Bonchev–Trinajstić information content (AvgIpc) is 1.60. The van der Waals surface area contributed by atoms with Gasteiger partial charge in [-0.05, 0) is 199 Å². The van der Waals surface area contributed by atoms with Gasteiger partial charge in [0.05, 0.1) is 17.4 Å². The van der Waals surface area contributed by atoms with Crippen LogP contribution < -0.4 is 20.9 Å². The van der Waals surface area contributed by atoms with Gasteiger partial charge in [-0.1, -0.05) is 222 Å². The number of carbonyl (C=O) groups excluding carboxylic acids is 2. The monoisotopic (exact) mass is 1700 g/mol. The van der Waals surface area contributed by atoms with E-state index in [1.165, 1.54) is 74.5 Å². The fourth-order valence-electron chi connectivity index (χ4n) is 16.5. The highest BCUT2D eigenvalue weighted by Gasteiger charge is 2.48. The third kappa shape index (κ3) is 17.5. The second-order valence-electron chi connectivity index (χ2n) is 30.2. The van der Waals surface area contributed by atoms with Gasteiger partial charge in [-0.3, -0.25) is 19.2 Å². The van der Waals surface area contributed by atoms with Crippen molar-refractivity contribution in [1.29, 1.82) is 0 Å². The third-order valence-electron chi connectivity index (χ3n) is 21.6. The molecule has 0 radical (unpaired) electrons. The molecular formula is C96H96I2N6O7+2. The molecule has 4 aliphatic heterocycles. The van der Waals surface area contributed by atoms with Gasteiger partial charge < -0.3 is 35.8 Å². The number of carbonyl (C=O) groups is 4. The fourth-order valence-corrected chi connectivity index (χ4v) is 17.7. The lowest BCUT2D eigenvalue weighted by molar-refractivity contribution is -0.436. The van der Waals surface area contributed by atoms with E-state index in [1.807, 2.05) is 85.0 Å². The van der Waals surface area contributed by atoms with Gasteiger partial charge >= 0.3 is 11.9 Å². The van der Waals surface area contributed by atoms with Gasteiger partial charge in [-0.2, -0.15) is 9.15 Å². The van der Waals surface area contributed by atoms with Crippen molar-refractivity contribution < 1.29 is 43.3 Å². The number of carboxylic acids is 2. The van der Waals surface area contributed by atoms with E-state index in [1.54, 1.807) is 0 Å². The molecule has 0 spiro atoms. The molecule has 0 atom stereocenters. The van der Waals surface area contributed by atoms with Gasteiger partial charge in [-0.15, -0.1) is 0 Å². The van der Waals surface area contributed by atoms with Crippen LogP contribution in [0.4, 0.5) is 22.7 Å². The highest BCUT2D eigenvalue weighted by Crippen LogP contribution is 2.53. The predicted molar refractivity (Wildman–Crippen MR) is 472 cm³/mol. The Morgan fingerprint density at radius 1 is 0.450 bits per heavy atom. The standard InChI is InChI=1S/C48H46IN3O3.C41H40N2O4.C7H8IN/c1-47(2)41(51(39-25-23-34-16-10-12-19-37(34)45(39)47)29-27-43(53)50-32-33-15-14-18-36(49)31-33)21-8-6-5-7-9-22-42-48(3,4)46-38-20-13-11-17-35(38)24-26-40(46)52(42)30-28-44(54)55;1-40(2)35(42(25-24-37(45)46)33-22-20-29-14-10-12-16-31(29)38(33)40)18-8-6-5-7-9-19-36-41(3,4)39-32-17-13-11-15-30(32)21-23-34(39)43(36)26-27-47-28-44;8-7-3-1-2-6(4-7)5-9/h5-26,31H,27-30,32H2,1-4H3,(H-,50,53,54,55);5-23,28H,24-27H2,1-4H3;1-4H,5,9H2/p+2. The van der Waals surface area contributed by atoms with Crippen molar-refractivity contribution in [2.45, 2.75) is 109 Å². The van der Waals surface area contributed by atoms with Crippen LogP contribution in [0.5, 0.6) is 0 Å². The Kier molecular flexibility index (Phi) is 25.3. The number of nitrogens with one attached hydrogen (secondary N) is 1. The van der Waals surface area contributed by atoms with Gasteiger partial charge in [0.2, 0.25) is 17.3 Å². The molecule has 15 heteroatoms. The van der Waals surface area contributed by atoms with Gasteiger partial charge in [0.25, 0.3) is 6.47 Å². The maximum Gasteiger partial charge on any atom is 0.309 e. The van der Waals surface area contributed by atoms with Crippen molar-refractivity contribution in [3.63, 3.8) is 0 Å². The van der Waals surface area contributed by atoms with Crippen LogP contribution >= 0.6 is 45.2 Å². The van der Waals surface area contributed by atoms with E-state index in [-0.39, 0.29) is 40.4 Å². The summed E-state index contributed by atoms with van der Waals surface area (Å²) in [6.07, 6.45) is 29.3. The van der Waals surface area contributed by atoms with Crippen molar-refractivity contribution in [1.82, 2.24) is 5.32 Å². The minimum absolute atomic E-state index is 0.0247. The van der Waals surface area contributed by atoms with Crippen molar-refractivity contribution in [3.8, 4) is 0 Å². The molecule has 10 aromatic carbocycles. The Morgan fingerprint density at radius 2 is 0.838 bits per heavy atom. The van der Waals surface area contributed by atoms with E-state index >= 15 is 0 Å². The zero-order valence-corrected chi connectivity index (χ0v) is 68.6. The first-order valence-electron chi connectivity index (χ1n) is 37.8. The summed E-state index contributed by atoms with van der Waals surface area (Å²) in [6.45, 7) is 21.8. The normalized spacial score (nSPS) is 16.5. The van der Waals surface area contributed by atoms with E-state index in [0.717, 1.165) is 54.7 Å². The molecule has 0 saturated carbocycles. The molecule has 0 unspecified atom stereocenters. The number of ether oxygens (including phenoxy) is 1. The number of hydrogen-bond acceptors (Lipinski definition) is 8. The third-order valence-corrected chi connectivity index (χ3v) is 22.9. The number of aliphatic carboxylic acids is 2. The average molecular weight is 1700 g/mol. The molecule has 0 saturated heterocycles. The molecule has 0 aromatic heterocycles. The maximum atomic E-state index is 13.1. The number of amides is 1. The second kappa shape index (κ2) is 35.2. The molecule has 13 nitrogen and oxygen atoms in total. The molecule has 111 heavy (non-hydrogen) atoms. The number of carboxylic acid groups (broad SMARTS) is 2. The minimum Gasteiger partial charge on any atom is -0.481 e. The summed E-state index contributed by atoms with van der Waals surface area (Å²) in [5.74, 6) is -1.59. The molecule has 0 fully saturated rings. The van der Waals surface area contributed by atoms with E-state index in [4.69, 9.17) is 10.5 Å². The molecule has 14 rings (SSSR count). The Bertz CT molecular complexity index is 5570. The summed E-state index contributed by atoms with van der Waals surface area (Å²) in [7, 11) is 0. The molecule has 0 bridgehead atoms. The molecule has 5 N–H and O–H groups in total. The maximum absolute atomic E-state index is 13.1. The SMILES string of the molecule is CC1(C)C(/C=C/C=C/C=C/C=C2/N(CCC(=O)NCc3cccc(I)c3)c3ccc4ccccc4c3C2(C)C)=[N+](CCC(=O)O)c2ccc3ccccc3c21.CC1(C)C(/C=C/C=C/C=C/C=C2/N(CCOC=O)c3ccc4ccccc4c3C2(C)C)=[N+](CCC(=O)O)c2ccc3ccccc3c21.NCc1cccc(I)c1. The Balaban J connectivity index is 0.000000187. The van der Waals surface area contributed by atoms with Crippen LogP contribution in [-0.4, -0.2) is 87.9 Å². The lowest BCUT2D eigenvalue weighted by Crippen LogP contribution is -2.31. The lowest BCUT2D eigenvalue weighted by atomic mass is 9.79. The number of hydrogen-bond donors (Lipinski definition) is 4. The first kappa shape index (κ1) is 79.9. The second-order valence-corrected chi connectivity index (χ2v) is 32.7. The number of anilines is 2. The number of allylic oxidation sites excluding steroid dienone is 16. The molecular weight excluding hydrogens is 1600 g/mol. The minimum atomic E-state index is -0.809. The summed E-state index contributed by atoms with van der Waals surface area (Å²) in [6, 6.07) is 67.3.